The van der Waals surface area contributed by atoms with Gasteiger partial charge in [0.1, 0.15) is 0 Å². The first kappa shape index (κ1) is 16.7. The van der Waals surface area contributed by atoms with Gasteiger partial charge in [0.05, 0.1) is 0 Å². The first-order valence-electron chi connectivity index (χ1n) is 5.22. The Morgan fingerprint density at radius 1 is 1.17 bits per heavy atom. The van der Waals surface area contributed by atoms with Crippen molar-refractivity contribution in [2.24, 2.45) is 0 Å². The number of carbonyl (C=O) groups excluding carboxylic acids is 2. The lowest BCUT2D eigenvalue weighted by atomic mass is 10.1. The highest BCUT2D eigenvalue weighted by atomic mass is 19.3. The Kier molecular flexibility index (Phi) is 5.56. The van der Waals surface area contributed by atoms with E-state index in [0.717, 1.165) is 0 Å². The predicted octanol–water partition coefficient (Wildman–Crippen LogP) is 1.31. The third-order valence-corrected chi connectivity index (χ3v) is 1.73. The summed E-state index contributed by atoms with van der Waals surface area (Å²) in [7, 11) is 0. The van der Waals surface area contributed by atoms with E-state index in [0.29, 0.717) is 0 Å². The predicted molar refractivity (Wildman–Crippen MR) is 56.5 cm³/mol. The zero-order valence-electron chi connectivity index (χ0n) is 10.3. The molecule has 0 aliphatic heterocycles. The zero-order valence-corrected chi connectivity index (χ0v) is 10.3. The van der Waals surface area contributed by atoms with E-state index in [4.69, 9.17) is 0 Å². The number of alkyl halides is 4. The second-order valence-corrected chi connectivity index (χ2v) is 4.73. The zero-order chi connectivity index (χ0) is 14.6. The summed E-state index contributed by atoms with van der Waals surface area (Å²) in [5.41, 5.74) is -0.492. The van der Waals surface area contributed by atoms with Crippen LogP contribution in [0.25, 0.3) is 0 Å². The van der Waals surface area contributed by atoms with Crippen LogP contribution >= 0.6 is 0 Å². The van der Waals surface area contributed by atoms with E-state index in [9.17, 15) is 27.2 Å². The SMILES string of the molecule is CC(C)(C)NC(=O)CCNC(=O)C(F)(F)C(F)F. The van der Waals surface area contributed by atoms with Crippen molar-refractivity contribution in [3.63, 3.8) is 0 Å². The first-order valence-corrected chi connectivity index (χ1v) is 5.22. The van der Waals surface area contributed by atoms with Crippen molar-refractivity contribution in [1.82, 2.24) is 10.6 Å². The van der Waals surface area contributed by atoms with Gasteiger partial charge in [0.2, 0.25) is 5.91 Å². The molecule has 0 radical (unpaired) electrons. The molecule has 8 heteroatoms. The molecule has 0 bridgehead atoms. The molecule has 0 spiro atoms. The van der Waals surface area contributed by atoms with Gasteiger partial charge in [0.25, 0.3) is 5.91 Å². The van der Waals surface area contributed by atoms with Crippen LogP contribution in [-0.4, -0.2) is 36.2 Å². The van der Waals surface area contributed by atoms with E-state index in [-0.39, 0.29) is 6.42 Å². The Bertz CT molecular complexity index is 313. The average Bonchev–Trinajstić information content (AvgIpc) is 2.14. The van der Waals surface area contributed by atoms with Crippen molar-refractivity contribution in [1.29, 1.82) is 0 Å². The van der Waals surface area contributed by atoms with Crippen LogP contribution in [0.2, 0.25) is 0 Å². The van der Waals surface area contributed by atoms with Crippen molar-refractivity contribution in [3.05, 3.63) is 0 Å². The summed E-state index contributed by atoms with van der Waals surface area (Å²) in [6, 6.07) is 0. The highest BCUT2D eigenvalue weighted by Gasteiger charge is 2.48. The fourth-order valence-corrected chi connectivity index (χ4v) is 0.987. The largest absolute Gasteiger partial charge is 0.383 e. The number of rotatable bonds is 5. The third kappa shape index (κ3) is 5.83. The van der Waals surface area contributed by atoms with Crippen LogP contribution in [0.5, 0.6) is 0 Å². The number of nitrogens with one attached hydrogen (secondary N) is 2. The Morgan fingerprint density at radius 3 is 2.06 bits per heavy atom. The lowest BCUT2D eigenvalue weighted by molar-refractivity contribution is -0.169. The van der Waals surface area contributed by atoms with E-state index in [1.807, 2.05) is 0 Å². The van der Waals surface area contributed by atoms with Crippen LogP contribution in [0.4, 0.5) is 17.6 Å². The van der Waals surface area contributed by atoms with Gasteiger partial charge >= 0.3 is 12.3 Å². The summed E-state index contributed by atoms with van der Waals surface area (Å²) in [4.78, 5) is 21.9. The average molecular weight is 272 g/mol. The molecule has 0 aromatic heterocycles. The summed E-state index contributed by atoms with van der Waals surface area (Å²) in [6.45, 7) is 4.72. The molecule has 0 atom stereocenters. The van der Waals surface area contributed by atoms with Gasteiger partial charge in [-0.2, -0.15) is 8.78 Å². The Morgan fingerprint density at radius 2 is 1.67 bits per heavy atom. The Labute approximate surface area is 102 Å². The topological polar surface area (TPSA) is 58.2 Å². The monoisotopic (exact) mass is 272 g/mol. The molecule has 2 amide bonds. The first-order chi connectivity index (χ1) is 7.97. The molecule has 0 saturated carbocycles. The molecule has 18 heavy (non-hydrogen) atoms. The van der Waals surface area contributed by atoms with E-state index >= 15 is 0 Å². The van der Waals surface area contributed by atoms with Gasteiger partial charge in [0, 0.05) is 18.5 Å². The van der Waals surface area contributed by atoms with Crippen molar-refractivity contribution in [2.75, 3.05) is 6.54 Å². The Balaban J connectivity index is 4.07. The smallest absolute Gasteiger partial charge is 0.351 e. The Hall–Kier alpha value is -1.34. The van der Waals surface area contributed by atoms with Gasteiger partial charge in [-0.05, 0) is 20.8 Å². The van der Waals surface area contributed by atoms with Crippen molar-refractivity contribution in [3.8, 4) is 0 Å². The molecule has 0 saturated heterocycles. The van der Waals surface area contributed by atoms with Gasteiger partial charge in [-0.15, -0.1) is 0 Å². The fourth-order valence-electron chi connectivity index (χ4n) is 0.987. The molecule has 0 aliphatic carbocycles. The molecule has 0 aromatic carbocycles. The lowest BCUT2D eigenvalue weighted by Gasteiger charge is -2.20. The number of hydrogen-bond acceptors (Lipinski definition) is 2. The molecule has 2 N–H and O–H groups in total. The fraction of sp³-hybridized carbons (Fsp3) is 0.800. The van der Waals surface area contributed by atoms with Crippen LogP contribution in [-0.2, 0) is 9.59 Å². The van der Waals surface area contributed by atoms with Crippen LogP contribution < -0.4 is 10.6 Å². The number of carbonyl (C=O) groups is 2. The van der Waals surface area contributed by atoms with Crippen LogP contribution in [0.1, 0.15) is 27.2 Å². The van der Waals surface area contributed by atoms with E-state index in [2.05, 4.69) is 5.32 Å². The summed E-state index contributed by atoms with van der Waals surface area (Å²) in [5.74, 6) is -7.29. The second kappa shape index (κ2) is 6.01. The van der Waals surface area contributed by atoms with E-state index in [1.165, 1.54) is 0 Å². The molecule has 0 unspecified atom stereocenters. The number of halogens is 4. The normalized spacial score (nSPS) is 12.4. The molecule has 0 heterocycles. The number of hydrogen-bond donors (Lipinski definition) is 2. The molecular formula is C10H16F4N2O2. The molecular weight excluding hydrogens is 256 g/mol. The highest BCUT2D eigenvalue weighted by molar-refractivity contribution is 5.84. The van der Waals surface area contributed by atoms with Crippen molar-refractivity contribution in [2.45, 2.75) is 45.1 Å². The van der Waals surface area contributed by atoms with Crippen LogP contribution in [0, 0.1) is 0 Å². The van der Waals surface area contributed by atoms with Crippen LogP contribution in [0.3, 0.4) is 0 Å². The van der Waals surface area contributed by atoms with Crippen molar-refractivity contribution >= 4 is 11.8 Å². The lowest BCUT2D eigenvalue weighted by Crippen LogP contribution is -2.47. The summed E-state index contributed by atoms with van der Waals surface area (Å²) >= 11 is 0. The third-order valence-electron chi connectivity index (χ3n) is 1.73. The maximum absolute atomic E-state index is 12.5. The van der Waals surface area contributed by atoms with Gasteiger partial charge in [0.15, 0.2) is 0 Å². The standard InChI is InChI=1S/C10H16F4N2O2/c1-9(2,3)16-6(17)4-5-15-8(18)10(13,14)7(11)12/h7H,4-5H2,1-3H3,(H,15,18)(H,16,17). The minimum Gasteiger partial charge on any atom is -0.351 e. The van der Waals surface area contributed by atoms with Crippen LogP contribution in [0.15, 0.2) is 0 Å². The highest BCUT2D eigenvalue weighted by Crippen LogP contribution is 2.22. The van der Waals surface area contributed by atoms with Gasteiger partial charge < -0.3 is 10.6 Å². The maximum Gasteiger partial charge on any atom is 0.383 e. The quantitative estimate of drug-likeness (QED) is 0.741. The second-order valence-electron chi connectivity index (χ2n) is 4.73. The molecule has 0 aliphatic rings. The summed E-state index contributed by atoms with van der Waals surface area (Å²) < 4.78 is 48.5. The van der Waals surface area contributed by atoms with Gasteiger partial charge in [-0.3, -0.25) is 9.59 Å². The molecule has 106 valence electrons. The maximum atomic E-state index is 12.5. The van der Waals surface area contributed by atoms with Gasteiger partial charge in [-0.25, -0.2) is 8.78 Å². The molecule has 0 fully saturated rings. The number of amides is 2. The molecule has 4 nitrogen and oxygen atoms in total. The van der Waals surface area contributed by atoms with E-state index < -0.39 is 36.2 Å². The van der Waals surface area contributed by atoms with Crippen molar-refractivity contribution < 1.29 is 27.2 Å². The van der Waals surface area contributed by atoms with E-state index in [1.54, 1.807) is 26.1 Å². The minimum absolute atomic E-state index is 0.262. The minimum atomic E-state index is -4.74. The molecule has 0 aromatic rings. The van der Waals surface area contributed by atoms with Gasteiger partial charge in [-0.1, -0.05) is 0 Å². The summed E-state index contributed by atoms with van der Waals surface area (Å²) in [5, 5.41) is 4.12. The molecule has 0 rings (SSSR count). The summed E-state index contributed by atoms with van der Waals surface area (Å²) in [6.07, 6.45) is -4.33.